The van der Waals surface area contributed by atoms with E-state index < -0.39 is 0 Å². The second kappa shape index (κ2) is 11.2. The minimum atomic E-state index is 0.823. The third-order valence-corrected chi connectivity index (χ3v) is 0.703. The van der Waals surface area contributed by atoms with Crippen molar-refractivity contribution < 1.29 is 0 Å². The van der Waals surface area contributed by atoms with Crippen molar-refractivity contribution in [2.24, 2.45) is 9.98 Å². The minimum absolute atomic E-state index is 0.823. The molecule has 2 nitrogen and oxygen atoms in total. The summed E-state index contributed by atoms with van der Waals surface area (Å²) in [7, 11) is 0. The first-order valence-electron chi connectivity index (χ1n) is 3.81. The number of aliphatic imine (C=N–C) groups is 2. The van der Waals surface area contributed by atoms with Gasteiger partial charge in [-0.25, -0.2) is 4.99 Å². The van der Waals surface area contributed by atoms with Crippen molar-refractivity contribution >= 4 is 12.1 Å². The Hall–Kier alpha value is -0.660. The Morgan fingerprint density at radius 3 is 2.20 bits per heavy atom. The SMILES string of the molecule is CC.CC=NC(C)=NCC. The van der Waals surface area contributed by atoms with Gasteiger partial charge in [0.05, 0.1) is 0 Å². The second-order valence-corrected chi connectivity index (χ2v) is 1.41. The quantitative estimate of drug-likeness (QED) is 0.397. The molecular formula is C8H18N2. The van der Waals surface area contributed by atoms with E-state index in [2.05, 4.69) is 9.98 Å². The molecule has 0 aliphatic rings. The van der Waals surface area contributed by atoms with E-state index >= 15 is 0 Å². The molecule has 0 unspecified atom stereocenters. The van der Waals surface area contributed by atoms with Crippen LogP contribution in [0.2, 0.25) is 0 Å². The summed E-state index contributed by atoms with van der Waals surface area (Å²) >= 11 is 0. The lowest BCUT2D eigenvalue weighted by atomic mass is 10.6. The molecule has 60 valence electrons. The fourth-order valence-corrected chi connectivity index (χ4v) is 0.456. The summed E-state index contributed by atoms with van der Waals surface area (Å²) < 4.78 is 0. The zero-order chi connectivity index (χ0) is 8.41. The molecule has 0 saturated carbocycles. The molecule has 0 fully saturated rings. The van der Waals surface area contributed by atoms with Gasteiger partial charge in [0.1, 0.15) is 5.84 Å². The average molecular weight is 142 g/mol. The van der Waals surface area contributed by atoms with Gasteiger partial charge >= 0.3 is 0 Å². The summed E-state index contributed by atoms with van der Waals surface area (Å²) in [5.74, 6) is 0.856. The number of hydrogen-bond donors (Lipinski definition) is 0. The zero-order valence-corrected chi connectivity index (χ0v) is 7.68. The lowest BCUT2D eigenvalue weighted by Gasteiger charge is -1.85. The molecule has 0 aromatic carbocycles. The molecule has 10 heavy (non-hydrogen) atoms. The van der Waals surface area contributed by atoms with Crippen LogP contribution in [0.1, 0.15) is 34.6 Å². The van der Waals surface area contributed by atoms with Crippen LogP contribution in [0, 0.1) is 0 Å². The minimum Gasteiger partial charge on any atom is -0.271 e. The zero-order valence-electron chi connectivity index (χ0n) is 7.68. The summed E-state index contributed by atoms with van der Waals surface area (Å²) in [6.07, 6.45) is 1.74. The highest BCUT2D eigenvalue weighted by molar-refractivity contribution is 5.86. The largest absolute Gasteiger partial charge is 0.271 e. The predicted molar refractivity (Wildman–Crippen MR) is 49.2 cm³/mol. The molecule has 0 N–H and O–H groups in total. The molecule has 0 bridgehead atoms. The molecule has 0 aliphatic heterocycles. The van der Waals surface area contributed by atoms with Gasteiger partial charge in [-0.05, 0) is 20.8 Å². The summed E-state index contributed by atoms with van der Waals surface area (Å²) in [5.41, 5.74) is 0. The Morgan fingerprint density at radius 1 is 1.40 bits per heavy atom. The van der Waals surface area contributed by atoms with Gasteiger partial charge in [-0.1, -0.05) is 13.8 Å². The van der Waals surface area contributed by atoms with Crippen molar-refractivity contribution in [1.82, 2.24) is 0 Å². The van der Waals surface area contributed by atoms with Gasteiger partial charge < -0.3 is 0 Å². The van der Waals surface area contributed by atoms with Gasteiger partial charge in [0, 0.05) is 12.8 Å². The normalized spacial score (nSPS) is 11.1. The predicted octanol–water partition coefficient (Wildman–Crippen LogP) is 2.54. The molecule has 0 aromatic rings. The fraction of sp³-hybridized carbons (Fsp3) is 0.750. The molecule has 0 rings (SSSR count). The fourth-order valence-electron chi connectivity index (χ4n) is 0.456. The van der Waals surface area contributed by atoms with E-state index in [1.807, 2.05) is 34.6 Å². The van der Waals surface area contributed by atoms with Crippen LogP contribution >= 0.6 is 0 Å². The maximum atomic E-state index is 4.03. The van der Waals surface area contributed by atoms with Crippen LogP contribution in [0.5, 0.6) is 0 Å². The van der Waals surface area contributed by atoms with Gasteiger partial charge in [0.15, 0.2) is 0 Å². The smallest absolute Gasteiger partial charge is 0.119 e. The topological polar surface area (TPSA) is 24.7 Å². The van der Waals surface area contributed by atoms with Crippen molar-refractivity contribution in [3.63, 3.8) is 0 Å². The van der Waals surface area contributed by atoms with Crippen molar-refractivity contribution in [3.05, 3.63) is 0 Å². The Bertz CT molecular complexity index is 104. The number of hydrogen-bond acceptors (Lipinski definition) is 1. The van der Waals surface area contributed by atoms with E-state index in [1.165, 1.54) is 0 Å². The van der Waals surface area contributed by atoms with Crippen LogP contribution in [0.15, 0.2) is 9.98 Å². The van der Waals surface area contributed by atoms with E-state index in [0.717, 1.165) is 12.4 Å². The molecule has 0 aromatic heterocycles. The van der Waals surface area contributed by atoms with Crippen LogP contribution in [0.25, 0.3) is 0 Å². The molecule has 0 radical (unpaired) electrons. The van der Waals surface area contributed by atoms with Crippen molar-refractivity contribution in [2.75, 3.05) is 6.54 Å². The van der Waals surface area contributed by atoms with Gasteiger partial charge in [0.25, 0.3) is 0 Å². The number of rotatable bonds is 1. The summed E-state index contributed by atoms with van der Waals surface area (Å²) in [5, 5.41) is 0. The Labute approximate surface area is 64.1 Å². The van der Waals surface area contributed by atoms with Crippen molar-refractivity contribution in [3.8, 4) is 0 Å². The first-order chi connectivity index (χ1) is 4.81. The monoisotopic (exact) mass is 142 g/mol. The van der Waals surface area contributed by atoms with Gasteiger partial charge in [0.2, 0.25) is 0 Å². The molecule has 0 atom stereocenters. The van der Waals surface area contributed by atoms with Gasteiger partial charge in [-0.3, -0.25) is 4.99 Å². The molecule has 0 spiro atoms. The van der Waals surface area contributed by atoms with Crippen molar-refractivity contribution in [1.29, 1.82) is 0 Å². The Morgan fingerprint density at radius 2 is 1.90 bits per heavy atom. The lowest BCUT2D eigenvalue weighted by molar-refractivity contribution is 1.12. The standard InChI is InChI=1S/C6H12N2.C2H6/c1-4-7-6(3)8-5-2;1-2/h4H,5H2,1-3H3;1-2H3. The Kier molecular flexibility index (Phi) is 13.5. The third-order valence-electron chi connectivity index (χ3n) is 0.703. The van der Waals surface area contributed by atoms with Crippen molar-refractivity contribution in [2.45, 2.75) is 34.6 Å². The van der Waals surface area contributed by atoms with Crippen LogP contribution in [-0.2, 0) is 0 Å². The van der Waals surface area contributed by atoms with Gasteiger partial charge in [-0.15, -0.1) is 0 Å². The lowest BCUT2D eigenvalue weighted by Crippen LogP contribution is -1.85. The summed E-state index contributed by atoms with van der Waals surface area (Å²) in [4.78, 5) is 7.97. The number of nitrogens with zero attached hydrogens (tertiary/aromatic N) is 2. The highest BCUT2D eigenvalue weighted by atomic mass is 14.9. The second-order valence-electron chi connectivity index (χ2n) is 1.41. The molecular weight excluding hydrogens is 124 g/mol. The van der Waals surface area contributed by atoms with E-state index in [9.17, 15) is 0 Å². The first kappa shape index (κ1) is 12.1. The molecule has 0 aliphatic carbocycles. The molecule has 2 heteroatoms. The Balaban J connectivity index is 0. The molecule has 0 heterocycles. The maximum absolute atomic E-state index is 4.03. The average Bonchev–Trinajstić information content (AvgIpc) is 1.93. The van der Waals surface area contributed by atoms with Crippen LogP contribution in [-0.4, -0.2) is 18.6 Å². The van der Waals surface area contributed by atoms with Crippen LogP contribution in [0.3, 0.4) is 0 Å². The highest BCUT2D eigenvalue weighted by Gasteiger charge is 1.76. The molecule has 0 saturated heterocycles. The van der Waals surface area contributed by atoms with E-state index in [4.69, 9.17) is 0 Å². The van der Waals surface area contributed by atoms with E-state index in [-0.39, 0.29) is 0 Å². The summed E-state index contributed by atoms with van der Waals surface area (Å²) in [6.45, 7) is 10.6. The molecule has 0 amide bonds. The maximum Gasteiger partial charge on any atom is 0.119 e. The van der Waals surface area contributed by atoms with Crippen LogP contribution in [0.4, 0.5) is 0 Å². The summed E-state index contributed by atoms with van der Waals surface area (Å²) in [6, 6.07) is 0. The highest BCUT2D eigenvalue weighted by Crippen LogP contribution is 1.76. The third kappa shape index (κ3) is 10.3. The first-order valence-corrected chi connectivity index (χ1v) is 3.81. The number of amidine groups is 1. The van der Waals surface area contributed by atoms with Crippen LogP contribution < -0.4 is 0 Å². The van der Waals surface area contributed by atoms with E-state index in [0.29, 0.717) is 0 Å². The van der Waals surface area contributed by atoms with E-state index in [1.54, 1.807) is 6.21 Å². The van der Waals surface area contributed by atoms with Gasteiger partial charge in [-0.2, -0.15) is 0 Å².